The summed E-state index contributed by atoms with van der Waals surface area (Å²) in [6.45, 7) is 3.19. The minimum absolute atomic E-state index is 0.0924. The van der Waals surface area contributed by atoms with Gasteiger partial charge in [-0.3, -0.25) is 4.79 Å². The van der Waals surface area contributed by atoms with E-state index in [1.807, 2.05) is 6.07 Å². The van der Waals surface area contributed by atoms with E-state index in [1.165, 1.54) is 4.46 Å². The Morgan fingerprint density at radius 1 is 1.35 bits per heavy atom. The van der Waals surface area contributed by atoms with Crippen molar-refractivity contribution in [3.63, 3.8) is 0 Å². The molecule has 0 saturated heterocycles. The molecule has 1 aromatic rings. The molecule has 0 aliphatic heterocycles. The van der Waals surface area contributed by atoms with E-state index in [9.17, 15) is 5.11 Å². The average Bonchev–Trinajstić information content (AvgIpc) is 2.27. The second-order valence-corrected chi connectivity index (χ2v) is 5.88. The molecule has 0 heterocycles. The molecule has 0 fully saturated rings. The zero-order chi connectivity index (χ0) is 13.1. The van der Waals surface area contributed by atoms with Gasteiger partial charge < -0.3 is 5.11 Å². The van der Waals surface area contributed by atoms with Gasteiger partial charge in [-0.15, -0.1) is 0 Å². The van der Waals surface area contributed by atoms with Crippen molar-refractivity contribution >= 4 is 25.4 Å². The molecule has 1 aromatic carbocycles. The molecule has 1 unspecified atom stereocenters. The van der Waals surface area contributed by atoms with Crippen LogP contribution in [0.2, 0.25) is 5.32 Å². The first-order valence-corrected chi connectivity index (χ1v) is 7.68. The van der Waals surface area contributed by atoms with Gasteiger partial charge in [-0.05, 0) is 0 Å². The number of rotatable bonds is 5. The fourth-order valence-electron chi connectivity index (χ4n) is 1.13. The van der Waals surface area contributed by atoms with E-state index in [0.717, 1.165) is 25.1 Å². The van der Waals surface area contributed by atoms with E-state index in [2.05, 4.69) is 31.2 Å². The second kappa shape index (κ2) is 10.3. The maximum absolute atomic E-state index is 9.53. The summed E-state index contributed by atoms with van der Waals surface area (Å²) in [7, 11) is 0. The third-order valence-electron chi connectivity index (χ3n) is 1.81. The van der Waals surface area contributed by atoms with Gasteiger partial charge in [0.15, 0.2) is 0 Å². The van der Waals surface area contributed by atoms with Crippen LogP contribution in [0, 0.1) is 0 Å². The number of carbonyl (C=O) groups is 1. The molecule has 0 aromatic heterocycles. The number of aliphatic carboxylic acids is 1. The molecule has 2 N–H and O–H groups in total. The van der Waals surface area contributed by atoms with Crippen molar-refractivity contribution in [3.8, 4) is 0 Å². The van der Waals surface area contributed by atoms with E-state index < -0.39 is 5.97 Å². The normalized spacial score (nSPS) is 11.2. The molecular weight excluding hydrogens is 283 g/mol. The van der Waals surface area contributed by atoms with Gasteiger partial charge in [0.05, 0.1) is 0 Å². The summed E-state index contributed by atoms with van der Waals surface area (Å²) in [5, 5.41) is 17.9. The molecule has 0 radical (unpaired) electrons. The Kier molecular flexibility index (Phi) is 9.83. The molecule has 0 amide bonds. The van der Waals surface area contributed by atoms with Crippen LogP contribution in [-0.2, 0) is 4.79 Å². The molecule has 0 aliphatic carbocycles. The maximum atomic E-state index is 9.53. The fourth-order valence-corrected chi connectivity index (χ4v) is 3.02. The Morgan fingerprint density at radius 3 is 2.35 bits per heavy atom. The summed E-state index contributed by atoms with van der Waals surface area (Å²) < 4.78 is 1.38. The van der Waals surface area contributed by atoms with Gasteiger partial charge in [0.1, 0.15) is 0 Å². The monoisotopic (exact) mass is 304 g/mol. The molecular formula is C13H20O3Se. The summed E-state index contributed by atoms with van der Waals surface area (Å²) in [5.41, 5.74) is 0. The number of benzene rings is 1. The zero-order valence-electron chi connectivity index (χ0n) is 10.3. The van der Waals surface area contributed by atoms with Crippen molar-refractivity contribution in [1.82, 2.24) is 0 Å². The molecule has 1 atom stereocenters. The van der Waals surface area contributed by atoms with Crippen molar-refractivity contribution < 1.29 is 15.0 Å². The van der Waals surface area contributed by atoms with Crippen LogP contribution in [0.4, 0.5) is 0 Å². The Bertz CT molecular complexity index is 297. The number of hydrogen-bond donors (Lipinski definition) is 2. The van der Waals surface area contributed by atoms with Crippen LogP contribution in [0.5, 0.6) is 0 Å². The van der Waals surface area contributed by atoms with Gasteiger partial charge in [0.2, 0.25) is 0 Å². The number of aliphatic hydroxyl groups excluding tert-OH is 1. The van der Waals surface area contributed by atoms with Crippen LogP contribution in [-0.4, -0.2) is 37.2 Å². The third kappa shape index (κ3) is 11.4. The predicted molar refractivity (Wildman–Crippen MR) is 70.9 cm³/mol. The Balaban J connectivity index is 0.000000557. The van der Waals surface area contributed by atoms with Gasteiger partial charge in [-0.1, -0.05) is 0 Å². The first kappa shape index (κ1) is 16.2. The van der Waals surface area contributed by atoms with E-state index in [1.54, 1.807) is 0 Å². The minimum atomic E-state index is -0.833. The van der Waals surface area contributed by atoms with Gasteiger partial charge >= 0.3 is 86.0 Å². The second-order valence-electron chi connectivity index (χ2n) is 3.59. The van der Waals surface area contributed by atoms with E-state index in [4.69, 9.17) is 9.90 Å². The molecule has 3 nitrogen and oxygen atoms in total. The molecule has 0 aliphatic rings. The number of aliphatic hydroxyl groups is 1. The first-order chi connectivity index (χ1) is 8.06. The fraction of sp³-hybridized carbons (Fsp3) is 0.462. The molecule has 4 heteroatoms. The van der Waals surface area contributed by atoms with Crippen LogP contribution in [0.25, 0.3) is 0 Å². The molecule has 17 heavy (non-hydrogen) atoms. The van der Waals surface area contributed by atoms with Gasteiger partial charge in [-0.25, -0.2) is 0 Å². The Hall–Kier alpha value is -0.831. The van der Waals surface area contributed by atoms with Crippen LogP contribution >= 0.6 is 0 Å². The molecule has 0 spiro atoms. The number of carboxylic acid groups (broad SMARTS) is 1. The quantitative estimate of drug-likeness (QED) is 0.814. The van der Waals surface area contributed by atoms with Crippen molar-refractivity contribution in [1.29, 1.82) is 0 Å². The first-order valence-electron chi connectivity index (χ1n) is 5.61. The third-order valence-corrected chi connectivity index (χ3v) is 4.23. The van der Waals surface area contributed by atoms with Crippen LogP contribution in [0.15, 0.2) is 30.3 Å². The molecule has 0 saturated carbocycles. The average molecular weight is 303 g/mol. The van der Waals surface area contributed by atoms with E-state index >= 15 is 0 Å². The van der Waals surface area contributed by atoms with Crippen molar-refractivity contribution in [2.24, 2.45) is 0 Å². The molecule has 0 bridgehead atoms. The number of hydrogen-bond acceptors (Lipinski definition) is 2. The van der Waals surface area contributed by atoms with Crippen LogP contribution in [0.1, 0.15) is 26.7 Å². The van der Waals surface area contributed by atoms with E-state index in [-0.39, 0.29) is 6.10 Å². The topological polar surface area (TPSA) is 57.5 Å². The summed E-state index contributed by atoms with van der Waals surface area (Å²) in [4.78, 5) is 9.00. The summed E-state index contributed by atoms with van der Waals surface area (Å²) >= 11 is 0.440. The predicted octanol–water partition coefficient (Wildman–Crippen LogP) is 1.69. The van der Waals surface area contributed by atoms with Gasteiger partial charge in [0.25, 0.3) is 5.97 Å². The zero-order valence-corrected chi connectivity index (χ0v) is 12.0. The Labute approximate surface area is 109 Å². The molecule has 1 rings (SSSR count). The Morgan fingerprint density at radius 2 is 1.88 bits per heavy atom. The summed E-state index contributed by atoms with van der Waals surface area (Å²) in [5.74, 6) is -0.833. The SMILES string of the molecule is CC(=O)O.CCCC(O)C[Se]c1ccccc1. The van der Waals surface area contributed by atoms with Gasteiger partial charge in [-0.2, -0.15) is 0 Å². The van der Waals surface area contributed by atoms with Gasteiger partial charge in [0, 0.05) is 6.92 Å². The number of carboxylic acids is 1. The van der Waals surface area contributed by atoms with Crippen molar-refractivity contribution in [2.45, 2.75) is 38.1 Å². The standard InChI is InChI=1S/C11H16OSe.C2H4O2/c1-2-6-10(12)9-13-11-7-4-3-5-8-11;1-2(3)4/h3-5,7-8,10,12H,2,6,9H2,1H3;1H3,(H,3,4). The van der Waals surface area contributed by atoms with E-state index in [0.29, 0.717) is 15.0 Å². The van der Waals surface area contributed by atoms with Crippen molar-refractivity contribution in [2.75, 3.05) is 0 Å². The molecule has 96 valence electrons. The summed E-state index contributed by atoms with van der Waals surface area (Å²) in [6, 6.07) is 10.4. The van der Waals surface area contributed by atoms with Crippen LogP contribution in [0.3, 0.4) is 0 Å². The van der Waals surface area contributed by atoms with Crippen molar-refractivity contribution in [3.05, 3.63) is 30.3 Å². The van der Waals surface area contributed by atoms with Crippen LogP contribution < -0.4 is 4.46 Å². The summed E-state index contributed by atoms with van der Waals surface area (Å²) in [6.07, 6.45) is 1.92.